The fraction of sp³-hybridized carbons (Fsp3) is 0.200. The fourth-order valence-electron chi connectivity index (χ4n) is 7.75. The van der Waals surface area contributed by atoms with Crippen molar-refractivity contribution in [3.8, 4) is 0 Å². The van der Waals surface area contributed by atoms with Gasteiger partial charge >= 0.3 is 0 Å². The van der Waals surface area contributed by atoms with E-state index in [9.17, 15) is 0 Å². The van der Waals surface area contributed by atoms with E-state index in [0.29, 0.717) is 0 Å². The van der Waals surface area contributed by atoms with E-state index < -0.39 is 0 Å². The van der Waals surface area contributed by atoms with Gasteiger partial charge in [0, 0.05) is 0 Å². The fourth-order valence-corrected chi connectivity index (χ4v) is 7.75. The molecule has 0 saturated carbocycles. The van der Waals surface area contributed by atoms with Crippen LogP contribution in [0.3, 0.4) is 0 Å². The molecule has 0 heteroatoms. The van der Waals surface area contributed by atoms with Crippen LogP contribution in [0.15, 0.2) is 84.0 Å². The third kappa shape index (κ3) is 3.32. The van der Waals surface area contributed by atoms with Gasteiger partial charge in [0.1, 0.15) is 0 Å². The van der Waals surface area contributed by atoms with Crippen LogP contribution in [-0.4, -0.2) is 0 Å². The smallest absolute Gasteiger partial charge is 0.00676 e. The van der Waals surface area contributed by atoms with Crippen LogP contribution in [0.2, 0.25) is 0 Å². The minimum absolute atomic E-state index is 1.03. The summed E-state index contributed by atoms with van der Waals surface area (Å²) in [5.41, 5.74) is 14.4. The van der Waals surface area contributed by atoms with Crippen LogP contribution in [0.25, 0.3) is 44.8 Å². The second-order valence-electron chi connectivity index (χ2n) is 12.1. The van der Waals surface area contributed by atoms with Gasteiger partial charge in [-0.25, -0.2) is 0 Å². The molecule has 0 heterocycles. The highest BCUT2D eigenvalue weighted by atomic mass is 14.2. The quantitative estimate of drug-likeness (QED) is 0.286. The lowest BCUT2D eigenvalue weighted by molar-refractivity contribution is 0.955. The summed E-state index contributed by atoms with van der Waals surface area (Å²) in [6, 6.07) is 14.3. The SMILES string of the molecule is Cc1ccc2c(C)cc3c(c2c1CCc1c(C)ccc2c(C)cc4c(c12)=CC1=CC=CCC=41)=CC1=CC=CCC=31. The normalized spacial score (nSPS) is 16.4. The molecule has 4 aliphatic carbocycles. The number of fused-ring (bicyclic) bond motifs is 8. The zero-order valence-electron chi connectivity index (χ0n) is 23.9. The molecule has 0 unspecified atom stereocenters. The number of benzene rings is 4. The molecule has 0 saturated heterocycles. The van der Waals surface area contributed by atoms with Crippen LogP contribution in [-0.2, 0) is 12.8 Å². The Hall–Kier alpha value is -4.16. The largest absolute Gasteiger partial charge is 0.0801 e. The number of hydrogen-bond donors (Lipinski definition) is 0. The third-order valence-electron chi connectivity index (χ3n) is 9.82. The number of rotatable bonds is 3. The molecule has 0 atom stereocenters. The van der Waals surface area contributed by atoms with Crippen LogP contribution in [0, 0.1) is 27.7 Å². The Labute approximate surface area is 236 Å². The molecule has 194 valence electrons. The highest BCUT2D eigenvalue weighted by Crippen LogP contribution is 2.31. The Morgan fingerprint density at radius 1 is 0.550 bits per heavy atom. The van der Waals surface area contributed by atoms with Gasteiger partial charge in [-0.15, -0.1) is 0 Å². The summed E-state index contributed by atoms with van der Waals surface area (Å²) in [6.45, 7) is 9.21. The van der Waals surface area contributed by atoms with Gasteiger partial charge in [0.2, 0.25) is 0 Å². The number of allylic oxidation sites excluding steroid dienone is 8. The van der Waals surface area contributed by atoms with Crippen molar-refractivity contribution in [2.45, 2.75) is 53.4 Å². The first kappa shape index (κ1) is 23.7. The van der Waals surface area contributed by atoms with Gasteiger partial charge in [0.05, 0.1) is 0 Å². The van der Waals surface area contributed by atoms with Crippen LogP contribution in [0.5, 0.6) is 0 Å². The molecule has 4 aromatic rings. The van der Waals surface area contributed by atoms with Crippen molar-refractivity contribution in [1.29, 1.82) is 0 Å². The van der Waals surface area contributed by atoms with Crippen LogP contribution < -0.4 is 20.9 Å². The third-order valence-corrected chi connectivity index (χ3v) is 9.82. The van der Waals surface area contributed by atoms with E-state index in [-0.39, 0.29) is 0 Å². The van der Waals surface area contributed by atoms with E-state index in [0.717, 1.165) is 25.7 Å². The van der Waals surface area contributed by atoms with Gasteiger partial charge in [-0.3, -0.25) is 0 Å². The molecule has 4 aliphatic rings. The first-order valence-corrected chi connectivity index (χ1v) is 14.8. The second-order valence-corrected chi connectivity index (χ2v) is 12.1. The van der Waals surface area contributed by atoms with E-state index in [2.05, 4.69) is 113 Å². The van der Waals surface area contributed by atoms with Crippen LogP contribution in [0.4, 0.5) is 0 Å². The molecule has 8 rings (SSSR count). The van der Waals surface area contributed by atoms with Crippen molar-refractivity contribution in [3.63, 3.8) is 0 Å². The number of aryl methyl sites for hydroxylation is 6. The monoisotopic (exact) mass is 514 g/mol. The topological polar surface area (TPSA) is 0 Å². The Morgan fingerprint density at radius 2 is 1.00 bits per heavy atom. The van der Waals surface area contributed by atoms with E-state index in [1.165, 1.54) is 98.1 Å². The Balaban J connectivity index is 1.35. The van der Waals surface area contributed by atoms with Crippen LogP contribution in [0.1, 0.15) is 46.2 Å². The van der Waals surface area contributed by atoms with E-state index >= 15 is 0 Å². The van der Waals surface area contributed by atoms with Crippen LogP contribution >= 0.6 is 0 Å². The van der Waals surface area contributed by atoms with Crippen molar-refractivity contribution in [1.82, 2.24) is 0 Å². The van der Waals surface area contributed by atoms with Crippen molar-refractivity contribution in [2.75, 3.05) is 0 Å². The molecule has 0 N–H and O–H groups in total. The van der Waals surface area contributed by atoms with Gasteiger partial charge in [0.25, 0.3) is 0 Å². The molecule has 0 fully saturated rings. The molecule has 0 amide bonds. The summed E-state index contributed by atoms with van der Waals surface area (Å²) in [4.78, 5) is 0. The van der Waals surface area contributed by atoms with E-state index in [1.54, 1.807) is 0 Å². The molecule has 0 radical (unpaired) electrons. The summed E-state index contributed by atoms with van der Waals surface area (Å²) < 4.78 is 0. The lowest BCUT2D eigenvalue weighted by Gasteiger charge is -2.16. The first-order chi connectivity index (χ1) is 19.5. The van der Waals surface area contributed by atoms with Gasteiger partial charge in [-0.05, 0) is 164 Å². The maximum atomic E-state index is 2.45. The lowest BCUT2D eigenvalue weighted by atomic mass is 9.88. The molecule has 0 aliphatic heterocycles. The van der Waals surface area contributed by atoms with Crippen molar-refractivity contribution >= 4 is 44.8 Å². The predicted octanol–water partition coefficient (Wildman–Crippen LogP) is 6.67. The highest BCUT2D eigenvalue weighted by molar-refractivity contribution is 5.98. The summed E-state index contributed by atoms with van der Waals surface area (Å²) in [6.07, 6.45) is 22.6. The average molecular weight is 515 g/mol. The van der Waals surface area contributed by atoms with Crippen molar-refractivity contribution in [2.24, 2.45) is 0 Å². The highest BCUT2D eigenvalue weighted by Gasteiger charge is 2.20. The molecular weight excluding hydrogens is 480 g/mol. The minimum atomic E-state index is 1.03. The van der Waals surface area contributed by atoms with Crippen molar-refractivity contribution in [3.05, 3.63) is 138 Å². The Bertz CT molecular complexity index is 2060. The van der Waals surface area contributed by atoms with Gasteiger partial charge in [-0.1, -0.05) is 72.9 Å². The van der Waals surface area contributed by atoms with E-state index in [1.807, 2.05) is 0 Å². The Morgan fingerprint density at radius 3 is 1.45 bits per heavy atom. The molecular formula is C40H34. The lowest BCUT2D eigenvalue weighted by Crippen LogP contribution is -2.26. The van der Waals surface area contributed by atoms with Gasteiger partial charge in [0.15, 0.2) is 0 Å². The van der Waals surface area contributed by atoms with Gasteiger partial charge < -0.3 is 0 Å². The minimum Gasteiger partial charge on any atom is -0.0801 e. The summed E-state index contributed by atoms with van der Waals surface area (Å²) >= 11 is 0. The van der Waals surface area contributed by atoms with Crippen molar-refractivity contribution < 1.29 is 0 Å². The zero-order chi connectivity index (χ0) is 27.1. The second kappa shape index (κ2) is 8.67. The summed E-state index contributed by atoms with van der Waals surface area (Å²) in [7, 11) is 0. The van der Waals surface area contributed by atoms with E-state index in [4.69, 9.17) is 0 Å². The Kier molecular flexibility index (Phi) is 5.14. The predicted molar refractivity (Wildman–Crippen MR) is 172 cm³/mol. The molecule has 0 aromatic heterocycles. The molecule has 4 aromatic carbocycles. The first-order valence-electron chi connectivity index (χ1n) is 14.8. The summed E-state index contributed by atoms with van der Waals surface area (Å²) in [5, 5.41) is 11.5. The maximum Gasteiger partial charge on any atom is -0.00676 e. The molecule has 0 nitrogen and oxygen atoms in total. The standard InChI is InChI=1S/C40H34/c1-23-13-15-31-25(3)19-35-33-11-7-5-9-27(33)21-37(35)39(31)29(23)17-18-30-24(2)14-16-32-26(4)20-36-34-12-8-6-10-28(34)22-38(36)40(30)32/h5-10,13-16,19-22H,11-12,17-18H2,1-4H3. The molecule has 0 bridgehead atoms. The molecule has 0 spiro atoms. The maximum absolute atomic E-state index is 2.45. The molecule has 40 heavy (non-hydrogen) atoms. The zero-order valence-corrected chi connectivity index (χ0v) is 23.9. The number of hydrogen-bond acceptors (Lipinski definition) is 0. The average Bonchev–Trinajstić information content (AvgIpc) is 3.51. The summed E-state index contributed by atoms with van der Waals surface area (Å²) in [5.74, 6) is 0. The van der Waals surface area contributed by atoms with Gasteiger partial charge in [-0.2, -0.15) is 0 Å².